The van der Waals surface area contributed by atoms with Gasteiger partial charge in [-0.3, -0.25) is 18.6 Å². The highest BCUT2D eigenvalue weighted by Gasteiger charge is 2.27. The lowest BCUT2D eigenvalue weighted by molar-refractivity contribution is -0.870. The van der Waals surface area contributed by atoms with E-state index in [9.17, 15) is 19.0 Å². The van der Waals surface area contributed by atoms with Gasteiger partial charge in [0.1, 0.15) is 19.8 Å². The molecule has 0 radical (unpaired) electrons. The van der Waals surface area contributed by atoms with Crippen molar-refractivity contribution in [2.24, 2.45) is 0 Å². The summed E-state index contributed by atoms with van der Waals surface area (Å²) in [5.41, 5.74) is 0. The maximum Gasteiger partial charge on any atom is 0.472 e. The first kappa shape index (κ1) is 56.2. The van der Waals surface area contributed by atoms with Gasteiger partial charge in [0.15, 0.2) is 6.10 Å². The average molecular weight is 841 g/mol. The Balaban J connectivity index is 4.32. The summed E-state index contributed by atoms with van der Waals surface area (Å²) in [6.45, 7) is 4.38. The van der Waals surface area contributed by atoms with Gasteiger partial charge in [-0.1, -0.05) is 159 Å². The van der Waals surface area contributed by atoms with E-state index in [4.69, 9.17) is 18.5 Å². The van der Waals surface area contributed by atoms with E-state index >= 15 is 0 Å². The summed E-state index contributed by atoms with van der Waals surface area (Å²) in [5, 5.41) is 0. The van der Waals surface area contributed by atoms with E-state index < -0.39 is 26.5 Å². The molecule has 0 aromatic heterocycles. The largest absolute Gasteiger partial charge is 0.472 e. The molecule has 0 amide bonds. The van der Waals surface area contributed by atoms with Crippen LogP contribution < -0.4 is 0 Å². The molecule has 0 aliphatic carbocycles. The fourth-order valence-corrected chi connectivity index (χ4v) is 7.13. The van der Waals surface area contributed by atoms with Gasteiger partial charge in [-0.25, -0.2) is 4.57 Å². The molecule has 0 bridgehead atoms. The molecule has 0 rings (SSSR count). The van der Waals surface area contributed by atoms with Gasteiger partial charge in [-0.05, 0) is 70.6 Å². The van der Waals surface area contributed by atoms with Gasteiger partial charge in [-0.15, -0.1) is 0 Å². The van der Waals surface area contributed by atoms with Gasteiger partial charge >= 0.3 is 19.8 Å². The van der Waals surface area contributed by atoms with E-state index in [-0.39, 0.29) is 32.0 Å². The Bertz CT molecular complexity index is 1090. The lowest BCUT2D eigenvalue weighted by Crippen LogP contribution is -2.37. The van der Waals surface area contributed by atoms with Crippen LogP contribution in [0.15, 0.2) is 36.5 Å². The van der Waals surface area contributed by atoms with E-state index in [0.717, 1.165) is 44.9 Å². The van der Waals surface area contributed by atoms with Crippen LogP contribution >= 0.6 is 7.82 Å². The second kappa shape index (κ2) is 40.6. The number of likely N-dealkylation sites (N-methyl/N-ethyl adjacent to an activating group) is 1. The highest BCUT2D eigenvalue weighted by Crippen LogP contribution is 2.43. The van der Waals surface area contributed by atoms with Crippen molar-refractivity contribution in [3.05, 3.63) is 36.5 Å². The van der Waals surface area contributed by atoms with Crippen molar-refractivity contribution in [2.45, 2.75) is 213 Å². The molecule has 58 heavy (non-hydrogen) atoms. The van der Waals surface area contributed by atoms with Crippen LogP contribution in [-0.2, 0) is 32.7 Å². The SMILES string of the molecule is CCCCC/C=C/C/C=C/CCCCCCCCCCCC(=O)OC[C@H](COP(=O)(O)OCC[N+](C)(C)C)OC(=O)CCCC/C=C/CCCCCCCCCCC. The topological polar surface area (TPSA) is 108 Å². The number of carbonyl (C=O) groups is 2. The van der Waals surface area contributed by atoms with E-state index in [2.05, 4.69) is 50.3 Å². The normalized spacial score (nSPS) is 13.8. The first-order chi connectivity index (χ1) is 28.0. The zero-order valence-corrected chi connectivity index (χ0v) is 39.2. The molecule has 9 nitrogen and oxygen atoms in total. The van der Waals surface area contributed by atoms with Crippen LogP contribution in [0.25, 0.3) is 0 Å². The Morgan fingerprint density at radius 2 is 0.931 bits per heavy atom. The number of carbonyl (C=O) groups excluding carboxylic acids is 2. The number of nitrogens with zero attached hydrogens (tertiary/aromatic N) is 1. The number of quaternary nitrogens is 1. The minimum absolute atomic E-state index is 0.0277. The molecule has 1 N–H and O–H groups in total. The molecule has 1 unspecified atom stereocenters. The van der Waals surface area contributed by atoms with Gasteiger partial charge in [0, 0.05) is 12.8 Å². The lowest BCUT2D eigenvalue weighted by Gasteiger charge is -2.24. The molecule has 2 atom stereocenters. The van der Waals surface area contributed by atoms with Crippen molar-refractivity contribution in [2.75, 3.05) is 47.5 Å². The predicted molar refractivity (Wildman–Crippen MR) is 243 cm³/mol. The summed E-state index contributed by atoms with van der Waals surface area (Å²) in [6.07, 6.45) is 46.2. The second-order valence-corrected chi connectivity index (χ2v) is 18.6. The van der Waals surface area contributed by atoms with Crippen LogP contribution in [0.5, 0.6) is 0 Å². The van der Waals surface area contributed by atoms with Crippen LogP contribution in [0, 0.1) is 0 Å². The van der Waals surface area contributed by atoms with Gasteiger partial charge < -0.3 is 18.9 Å². The van der Waals surface area contributed by atoms with E-state index in [1.165, 1.54) is 128 Å². The zero-order valence-electron chi connectivity index (χ0n) is 38.3. The number of phosphoric ester groups is 1. The molecule has 0 aliphatic heterocycles. The van der Waals surface area contributed by atoms with Crippen molar-refractivity contribution in [3.8, 4) is 0 Å². The van der Waals surface area contributed by atoms with Crippen molar-refractivity contribution in [3.63, 3.8) is 0 Å². The van der Waals surface area contributed by atoms with Crippen LogP contribution in [-0.4, -0.2) is 74.9 Å². The first-order valence-corrected chi connectivity index (χ1v) is 25.2. The summed E-state index contributed by atoms with van der Waals surface area (Å²) in [6, 6.07) is 0. The molecule has 0 fully saturated rings. The molecule has 10 heteroatoms. The molecular weight excluding hydrogens is 750 g/mol. The summed E-state index contributed by atoms with van der Waals surface area (Å²) < 4.78 is 34.3. The van der Waals surface area contributed by atoms with Crippen LogP contribution in [0.4, 0.5) is 0 Å². The van der Waals surface area contributed by atoms with Crippen molar-refractivity contribution >= 4 is 19.8 Å². The molecule has 0 saturated heterocycles. The summed E-state index contributed by atoms with van der Waals surface area (Å²) in [5.74, 6) is -0.825. The molecule has 0 saturated carbocycles. The second-order valence-electron chi connectivity index (χ2n) is 17.1. The molecule has 0 aromatic carbocycles. The van der Waals surface area contributed by atoms with Gasteiger partial charge in [0.2, 0.25) is 0 Å². The Morgan fingerprint density at radius 3 is 1.45 bits per heavy atom. The molecular formula is C48H91NO8P+. The third-order valence-electron chi connectivity index (χ3n) is 10.1. The molecule has 0 aliphatic rings. The minimum atomic E-state index is -4.38. The highest BCUT2D eigenvalue weighted by molar-refractivity contribution is 7.47. The van der Waals surface area contributed by atoms with Gasteiger partial charge in [0.05, 0.1) is 27.7 Å². The number of rotatable bonds is 43. The third-order valence-corrected chi connectivity index (χ3v) is 11.1. The van der Waals surface area contributed by atoms with Gasteiger partial charge in [0.25, 0.3) is 0 Å². The van der Waals surface area contributed by atoms with Gasteiger partial charge in [-0.2, -0.15) is 0 Å². The fraction of sp³-hybridized carbons (Fsp3) is 0.833. The summed E-state index contributed by atoms with van der Waals surface area (Å²) >= 11 is 0. The van der Waals surface area contributed by atoms with Crippen molar-refractivity contribution in [1.82, 2.24) is 0 Å². The first-order valence-electron chi connectivity index (χ1n) is 23.7. The Hall–Kier alpha value is -1.77. The highest BCUT2D eigenvalue weighted by atomic mass is 31.2. The Labute approximate surface area is 357 Å². The number of hydrogen-bond donors (Lipinski definition) is 1. The number of phosphoric acid groups is 1. The summed E-state index contributed by atoms with van der Waals surface area (Å²) in [4.78, 5) is 35.4. The van der Waals surface area contributed by atoms with E-state index in [1.54, 1.807) is 0 Å². The third kappa shape index (κ3) is 43.8. The lowest BCUT2D eigenvalue weighted by atomic mass is 10.1. The predicted octanol–water partition coefficient (Wildman–Crippen LogP) is 13.7. The summed E-state index contributed by atoms with van der Waals surface area (Å²) in [7, 11) is 1.46. The quantitative estimate of drug-likeness (QED) is 0.0213. The van der Waals surface area contributed by atoms with Crippen LogP contribution in [0.3, 0.4) is 0 Å². The number of hydrogen-bond acceptors (Lipinski definition) is 7. The Kier molecular flexibility index (Phi) is 39.4. The van der Waals surface area contributed by atoms with Crippen molar-refractivity contribution in [1.29, 1.82) is 0 Å². The fourth-order valence-electron chi connectivity index (χ4n) is 6.39. The average Bonchev–Trinajstić information content (AvgIpc) is 3.17. The number of esters is 2. The molecule has 340 valence electrons. The van der Waals surface area contributed by atoms with Crippen molar-refractivity contribution < 1.29 is 42.1 Å². The van der Waals surface area contributed by atoms with Crippen LogP contribution in [0.1, 0.15) is 206 Å². The van der Waals surface area contributed by atoms with E-state index in [0.29, 0.717) is 17.4 Å². The monoisotopic (exact) mass is 841 g/mol. The number of allylic oxidation sites excluding steroid dienone is 6. The maximum atomic E-state index is 12.7. The standard InChI is InChI=1S/C48H90NO8P/c1-6-8-10-12-14-16-18-20-22-23-24-25-27-28-30-32-34-36-38-40-47(50)54-44-46(45-56-58(52,53)55-43-42-49(3,4)5)57-48(51)41-39-37-35-33-31-29-26-21-19-17-15-13-11-9-7-2/h14,16,20,22,31,33,46H,6-13,15,17-19,21,23-30,32,34-45H2,1-5H3/p+1/b16-14+,22-20+,33-31+/t46-/m1/s1. The molecule has 0 spiro atoms. The van der Waals surface area contributed by atoms with E-state index in [1.807, 2.05) is 21.1 Å². The van der Waals surface area contributed by atoms with Crippen LogP contribution in [0.2, 0.25) is 0 Å². The number of unbranched alkanes of at least 4 members (excludes halogenated alkanes) is 23. The maximum absolute atomic E-state index is 12.7. The number of ether oxygens (including phenoxy) is 2. The molecule has 0 aromatic rings. The zero-order chi connectivity index (χ0) is 42.8. The Morgan fingerprint density at radius 1 is 0.534 bits per heavy atom. The molecule has 0 heterocycles. The smallest absolute Gasteiger partial charge is 0.462 e. The minimum Gasteiger partial charge on any atom is -0.462 e.